The normalized spacial score (nSPS) is 8.82. The van der Waals surface area contributed by atoms with Crippen molar-refractivity contribution in [3.05, 3.63) is 60.7 Å². The summed E-state index contributed by atoms with van der Waals surface area (Å²) in [6.07, 6.45) is 3.95. The summed E-state index contributed by atoms with van der Waals surface area (Å²) < 4.78 is 12.3. The van der Waals surface area contributed by atoms with E-state index in [1.807, 2.05) is 18.2 Å². The molecule has 4 nitrogen and oxygen atoms in total. The van der Waals surface area contributed by atoms with E-state index in [0.717, 1.165) is 5.01 Å². The van der Waals surface area contributed by atoms with E-state index >= 15 is 0 Å². The molecule has 1 aromatic carbocycles. The summed E-state index contributed by atoms with van der Waals surface area (Å²) in [5.41, 5.74) is 0.460. The van der Waals surface area contributed by atoms with E-state index in [9.17, 15) is 9.18 Å². The van der Waals surface area contributed by atoms with Crippen LogP contribution >= 0.6 is 0 Å². The molecule has 2 N–H and O–H groups in total. The first kappa shape index (κ1) is 12.8. The second kappa shape index (κ2) is 7.08. The molecule has 0 fully saturated rings. The highest BCUT2D eigenvalue weighted by Crippen LogP contribution is 2.09. The Morgan fingerprint density at radius 1 is 1.12 bits per heavy atom. The number of carbonyl (C=O) groups excluding carboxylic acids is 1. The van der Waals surface area contributed by atoms with Gasteiger partial charge in [0.25, 0.3) is 0 Å². The number of amides is 1. The lowest BCUT2D eigenvalue weighted by Crippen LogP contribution is -2.28. The van der Waals surface area contributed by atoms with E-state index in [1.54, 1.807) is 12.4 Å². The first-order chi connectivity index (χ1) is 8.24. The van der Waals surface area contributed by atoms with Gasteiger partial charge in [-0.25, -0.2) is 10.2 Å². The molecule has 2 aromatic rings. The molecule has 1 aromatic heterocycles. The smallest absolute Gasteiger partial charge is 0.228 e. The van der Waals surface area contributed by atoms with Gasteiger partial charge < -0.3 is 0 Å². The van der Waals surface area contributed by atoms with Gasteiger partial charge in [-0.3, -0.25) is 14.8 Å². The standard InChI is InChI=1S/C7H7FN2O.C5H5N/c8-6-1-3-7(4-2-6)10(9)5-11;1-2-4-6-5-3-1/h1-5H,9H2;1-5H. The molecular formula is C12H12FN3O. The zero-order chi connectivity index (χ0) is 12.5. The average Bonchev–Trinajstić information content (AvgIpc) is 2.41. The molecule has 1 amide bonds. The van der Waals surface area contributed by atoms with Crippen molar-refractivity contribution in [2.75, 3.05) is 5.01 Å². The number of nitrogens with two attached hydrogens (primary N) is 1. The second-order valence-electron chi connectivity index (χ2n) is 3.01. The van der Waals surface area contributed by atoms with Crippen molar-refractivity contribution in [1.82, 2.24) is 4.98 Å². The van der Waals surface area contributed by atoms with Crippen molar-refractivity contribution in [2.24, 2.45) is 5.84 Å². The third-order valence-corrected chi connectivity index (χ3v) is 1.80. The lowest BCUT2D eigenvalue weighted by atomic mass is 10.3. The van der Waals surface area contributed by atoms with Crippen molar-refractivity contribution >= 4 is 12.1 Å². The number of carbonyl (C=O) groups is 1. The maximum atomic E-state index is 12.3. The molecule has 88 valence electrons. The van der Waals surface area contributed by atoms with E-state index in [0.29, 0.717) is 12.1 Å². The first-order valence-corrected chi connectivity index (χ1v) is 4.84. The van der Waals surface area contributed by atoms with Crippen LogP contribution in [0.5, 0.6) is 0 Å². The zero-order valence-corrected chi connectivity index (χ0v) is 9.03. The van der Waals surface area contributed by atoms with Crippen LogP contribution in [-0.2, 0) is 4.79 Å². The molecule has 0 aliphatic heterocycles. The van der Waals surface area contributed by atoms with Crippen LogP contribution in [0.25, 0.3) is 0 Å². The number of hydrogen-bond acceptors (Lipinski definition) is 3. The molecule has 0 atom stereocenters. The Labute approximate surface area is 98.5 Å². The second-order valence-corrected chi connectivity index (χ2v) is 3.01. The van der Waals surface area contributed by atoms with E-state index < -0.39 is 0 Å². The van der Waals surface area contributed by atoms with Crippen molar-refractivity contribution in [3.63, 3.8) is 0 Å². The summed E-state index contributed by atoms with van der Waals surface area (Å²) in [5, 5.41) is 0.874. The Bertz CT molecular complexity index is 407. The van der Waals surface area contributed by atoms with Crippen LogP contribution in [0.3, 0.4) is 0 Å². The molecule has 0 aliphatic carbocycles. The maximum absolute atomic E-state index is 12.3. The van der Waals surface area contributed by atoms with Crippen LogP contribution in [0.2, 0.25) is 0 Å². The molecule has 0 unspecified atom stereocenters. The zero-order valence-electron chi connectivity index (χ0n) is 9.03. The highest BCUT2D eigenvalue weighted by Gasteiger charge is 1.97. The summed E-state index contributed by atoms with van der Waals surface area (Å²) in [4.78, 5) is 13.9. The molecule has 0 spiro atoms. The lowest BCUT2D eigenvalue weighted by Gasteiger charge is -2.08. The van der Waals surface area contributed by atoms with E-state index in [-0.39, 0.29) is 5.82 Å². The summed E-state index contributed by atoms with van der Waals surface area (Å²) in [5.74, 6) is 4.83. The molecular weight excluding hydrogens is 221 g/mol. The van der Waals surface area contributed by atoms with E-state index in [4.69, 9.17) is 5.84 Å². The van der Waals surface area contributed by atoms with Gasteiger partial charge in [-0.2, -0.15) is 0 Å². The number of halogens is 1. The fraction of sp³-hybridized carbons (Fsp3) is 0. The highest BCUT2D eigenvalue weighted by molar-refractivity contribution is 5.72. The summed E-state index contributed by atoms with van der Waals surface area (Å²) in [7, 11) is 0. The topological polar surface area (TPSA) is 59.2 Å². The fourth-order valence-electron chi connectivity index (χ4n) is 0.987. The third kappa shape index (κ3) is 4.85. The summed E-state index contributed by atoms with van der Waals surface area (Å²) >= 11 is 0. The number of rotatable bonds is 2. The van der Waals surface area contributed by atoms with Crippen LogP contribution in [0.4, 0.5) is 10.1 Å². The number of nitrogens with zero attached hydrogens (tertiary/aromatic N) is 2. The Morgan fingerprint density at radius 3 is 2.06 bits per heavy atom. The van der Waals surface area contributed by atoms with Crippen molar-refractivity contribution < 1.29 is 9.18 Å². The molecule has 0 bridgehead atoms. The number of benzene rings is 1. The molecule has 0 radical (unpaired) electrons. The van der Waals surface area contributed by atoms with Gasteiger partial charge in [-0.15, -0.1) is 0 Å². The van der Waals surface area contributed by atoms with Gasteiger partial charge in [0, 0.05) is 12.4 Å². The van der Waals surface area contributed by atoms with Crippen LogP contribution in [-0.4, -0.2) is 11.4 Å². The van der Waals surface area contributed by atoms with Gasteiger partial charge >= 0.3 is 0 Å². The number of aromatic nitrogens is 1. The van der Waals surface area contributed by atoms with E-state index in [2.05, 4.69) is 4.98 Å². The fourth-order valence-corrected chi connectivity index (χ4v) is 0.987. The highest BCUT2D eigenvalue weighted by atomic mass is 19.1. The molecule has 2 rings (SSSR count). The summed E-state index contributed by atoms with van der Waals surface area (Å²) in [6.45, 7) is 0. The van der Waals surface area contributed by atoms with Crippen molar-refractivity contribution in [2.45, 2.75) is 0 Å². The third-order valence-electron chi connectivity index (χ3n) is 1.80. The van der Waals surface area contributed by atoms with E-state index in [1.165, 1.54) is 24.3 Å². The van der Waals surface area contributed by atoms with Crippen LogP contribution < -0.4 is 10.9 Å². The van der Waals surface area contributed by atoms with Gasteiger partial charge in [0.1, 0.15) is 5.82 Å². The molecule has 17 heavy (non-hydrogen) atoms. The lowest BCUT2D eigenvalue weighted by molar-refractivity contribution is -0.107. The number of anilines is 1. The minimum Gasteiger partial charge on any atom is -0.277 e. The number of hydrogen-bond donors (Lipinski definition) is 1. The largest absolute Gasteiger partial charge is 0.277 e. The van der Waals surface area contributed by atoms with Crippen molar-refractivity contribution in [1.29, 1.82) is 0 Å². The van der Waals surface area contributed by atoms with Crippen LogP contribution in [0, 0.1) is 5.82 Å². The van der Waals surface area contributed by atoms with Crippen LogP contribution in [0.15, 0.2) is 54.9 Å². The number of hydrazine groups is 1. The minimum atomic E-state index is -0.354. The monoisotopic (exact) mass is 233 g/mol. The van der Waals surface area contributed by atoms with Crippen molar-refractivity contribution in [3.8, 4) is 0 Å². The van der Waals surface area contributed by atoms with Gasteiger partial charge in [-0.1, -0.05) is 6.07 Å². The molecule has 1 heterocycles. The molecule has 0 saturated carbocycles. The molecule has 0 saturated heterocycles. The SMILES string of the molecule is NN(C=O)c1ccc(F)cc1.c1ccncc1. The quantitative estimate of drug-likeness (QED) is 0.372. The molecule has 0 aliphatic rings. The number of pyridine rings is 1. The van der Waals surface area contributed by atoms with Gasteiger partial charge in [0.05, 0.1) is 5.69 Å². The Balaban J connectivity index is 0.000000202. The maximum Gasteiger partial charge on any atom is 0.228 e. The van der Waals surface area contributed by atoms with Gasteiger partial charge in [-0.05, 0) is 36.4 Å². The minimum absolute atomic E-state index is 0.354. The Hall–Kier alpha value is -2.27. The first-order valence-electron chi connectivity index (χ1n) is 4.84. The average molecular weight is 233 g/mol. The predicted molar refractivity (Wildman–Crippen MR) is 63.4 cm³/mol. The van der Waals surface area contributed by atoms with Gasteiger partial charge in [0.15, 0.2) is 0 Å². The summed E-state index contributed by atoms with van der Waals surface area (Å²) in [6, 6.07) is 11.0. The molecule has 5 heteroatoms. The Kier molecular flexibility index (Phi) is 5.33. The van der Waals surface area contributed by atoms with Crippen LogP contribution in [0.1, 0.15) is 0 Å². The predicted octanol–water partition coefficient (Wildman–Crippen LogP) is 1.74. The Morgan fingerprint density at radius 2 is 1.71 bits per heavy atom. The van der Waals surface area contributed by atoms with Gasteiger partial charge in [0.2, 0.25) is 6.41 Å².